The van der Waals surface area contributed by atoms with Crippen LogP contribution in [0.15, 0.2) is 0 Å². The first-order chi connectivity index (χ1) is 10.8. The van der Waals surface area contributed by atoms with E-state index in [0.29, 0.717) is 32.1 Å². The molecular formula is C15H21F3N2O3. The van der Waals surface area contributed by atoms with Crippen molar-refractivity contribution in [2.45, 2.75) is 51.1 Å². The third kappa shape index (κ3) is 4.45. The lowest BCUT2D eigenvalue weighted by atomic mass is 9.78. The summed E-state index contributed by atoms with van der Waals surface area (Å²) in [5.41, 5.74) is 0. The minimum absolute atomic E-state index is 0.00259. The third-order valence-electron chi connectivity index (χ3n) is 4.54. The van der Waals surface area contributed by atoms with Crippen LogP contribution in [0, 0.1) is 11.8 Å². The Kier molecular flexibility index (Phi) is 5.64. The summed E-state index contributed by atoms with van der Waals surface area (Å²) in [5.74, 6) is -3.89. The lowest BCUT2D eigenvalue weighted by Crippen LogP contribution is -2.47. The zero-order valence-corrected chi connectivity index (χ0v) is 12.8. The molecule has 2 atom stereocenters. The monoisotopic (exact) mass is 334 g/mol. The molecule has 8 heteroatoms. The summed E-state index contributed by atoms with van der Waals surface area (Å²) < 4.78 is 39.0. The molecule has 0 aromatic heterocycles. The number of imide groups is 1. The average molecular weight is 334 g/mol. The van der Waals surface area contributed by atoms with E-state index < -0.39 is 23.9 Å². The second-order valence-electron chi connectivity index (χ2n) is 6.12. The van der Waals surface area contributed by atoms with Crippen LogP contribution in [0.4, 0.5) is 13.2 Å². The topological polar surface area (TPSA) is 66.5 Å². The largest absolute Gasteiger partial charge is 0.392 e. The van der Waals surface area contributed by atoms with Crippen molar-refractivity contribution in [2.24, 2.45) is 11.8 Å². The molecule has 1 heterocycles. The van der Waals surface area contributed by atoms with Crippen molar-refractivity contribution < 1.29 is 27.6 Å². The van der Waals surface area contributed by atoms with Crippen molar-refractivity contribution in [3.8, 4) is 0 Å². The Morgan fingerprint density at radius 3 is 2.30 bits per heavy atom. The Morgan fingerprint density at radius 1 is 1.09 bits per heavy atom. The zero-order chi connectivity index (χ0) is 17.0. The van der Waals surface area contributed by atoms with E-state index in [1.54, 1.807) is 0 Å². The number of nitrogens with one attached hydrogen (secondary N) is 1. The summed E-state index contributed by atoms with van der Waals surface area (Å²) in [6.45, 7) is 0.0181. The summed E-state index contributed by atoms with van der Waals surface area (Å²) in [4.78, 5) is 36.4. The van der Waals surface area contributed by atoms with Gasteiger partial charge >= 0.3 is 6.18 Å². The molecule has 2 aliphatic rings. The Morgan fingerprint density at radius 2 is 1.70 bits per heavy atom. The van der Waals surface area contributed by atoms with Gasteiger partial charge in [-0.1, -0.05) is 12.8 Å². The molecule has 0 radical (unpaired) electrons. The molecule has 0 aromatic rings. The van der Waals surface area contributed by atoms with E-state index in [1.807, 2.05) is 0 Å². The highest BCUT2D eigenvalue weighted by Gasteiger charge is 2.47. The Balaban J connectivity index is 1.86. The van der Waals surface area contributed by atoms with Gasteiger partial charge in [0.2, 0.25) is 17.7 Å². The number of hydrogen-bond acceptors (Lipinski definition) is 3. The van der Waals surface area contributed by atoms with Crippen LogP contribution in [-0.4, -0.2) is 41.9 Å². The number of rotatable bonds is 4. The fourth-order valence-electron chi connectivity index (χ4n) is 3.31. The Labute approximate surface area is 132 Å². The van der Waals surface area contributed by atoms with E-state index in [1.165, 1.54) is 0 Å². The molecular weight excluding hydrogens is 313 g/mol. The lowest BCUT2D eigenvalue weighted by Gasteiger charge is -2.32. The number of hydrogen-bond donors (Lipinski definition) is 1. The number of halogens is 3. The second-order valence-corrected chi connectivity index (χ2v) is 6.12. The van der Waals surface area contributed by atoms with E-state index in [9.17, 15) is 27.6 Å². The first-order valence-corrected chi connectivity index (χ1v) is 7.98. The lowest BCUT2D eigenvalue weighted by molar-refractivity contribution is -0.198. The predicted octanol–water partition coefficient (Wildman–Crippen LogP) is 2.01. The summed E-state index contributed by atoms with van der Waals surface area (Å²) in [6, 6.07) is 0. The molecule has 3 amide bonds. The van der Waals surface area contributed by atoms with Crippen LogP contribution in [0.25, 0.3) is 0 Å². The molecule has 0 unspecified atom stereocenters. The number of amides is 3. The van der Waals surface area contributed by atoms with E-state index >= 15 is 0 Å². The van der Waals surface area contributed by atoms with Gasteiger partial charge in [0.15, 0.2) is 0 Å². The number of piperidine rings is 1. The van der Waals surface area contributed by atoms with Gasteiger partial charge in [-0.25, -0.2) is 0 Å². The van der Waals surface area contributed by atoms with Crippen molar-refractivity contribution in [3.63, 3.8) is 0 Å². The maximum atomic E-state index is 13.0. The van der Waals surface area contributed by atoms with Crippen molar-refractivity contribution in [3.05, 3.63) is 0 Å². The van der Waals surface area contributed by atoms with Gasteiger partial charge in [0.05, 0.1) is 5.92 Å². The normalized spacial score (nSPS) is 26.3. The van der Waals surface area contributed by atoms with E-state index in [2.05, 4.69) is 5.32 Å². The molecule has 1 aliphatic carbocycles. The SMILES string of the molecule is O=C(NCCN1C(=O)CCCC1=O)[C@@H]1CCCC[C@H]1C(F)(F)F. The Bertz CT molecular complexity index is 463. The van der Waals surface area contributed by atoms with Crippen LogP contribution >= 0.6 is 0 Å². The average Bonchev–Trinajstić information content (AvgIpc) is 2.49. The summed E-state index contributed by atoms with van der Waals surface area (Å²) in [6.07, 6.45) is -1.99. The van der Waals surface area contributed by atoms with Crippen LogP contribution in [-0.2, 0) is 14.4 Å². The van der Waals surface area contributed by atoms with Gasteiger partial charge in [0.25, 0.3) is 0 Å². The van der Waals surface area contributed by atoms with Crippen molar-refractivity contribution >= 4 is 17.7 Å². The maximum absolute atomic E-state index is 13.0. The van der Waals surface area contributed by atoms with E-state index in [4.69, 9.17) is 0 Å². The highest BCUT2D eigenvalue weighted by Crippen LogP contribution is 2.41. The standard InChI is InChI=1S/C15H21F3N2O3/c16-15(17,18)11-5-2-1-4-10(11)14(23)19-8-9-20-12(21)6-3-7-13(20)22/h10-11H,1-9H2,(H,19,23)/t10-,11-/m1/s1. The molecule has 0 aromatic carbocycles. The molecule has 23 heavy (non-hydrogen) atoms. The Hall–Kier alpha value is -1.60. The van der Waals surface area contributed by atoms with Gasteiger partial charge in [-0.05, 0) is 19.3 Å². The summed E-state index contributed by atoms with van der Waals surface area (Å²) in [7, 11) is 0. The van der Waals surface area contributed by atoms with Gasteiger partial charge in [0.1, 0.15) is 0 Å². The van der Waals surface area contributed by atoms with Crippen LogP contribution in [0.2, 0.25) is 0 Å². The quantitative estimate of drug-likeness (QED) is 0.800. The minimum atomic E-state index is -4.37. The number of nitrogens with zero attached hydrogens (tertiary/aromatic N) is 1. The van der Waals surface area contributed by atoms with Gasteiger partial charge in [0, 0.05) is 31.8 Å². The molecule has 1 aliphatic heterocycles. The summed E-state index contributed by atoms with van der Waals surface area (Å²) in [5, 5.41) is 2.46. The van der Waals surface area contributed by atoms with Crippen LogP contribution in [0.5, 0.6) is 0 Å². The van der Waals surface area contributed by atoms with Gasteiger partial charge in [-0.15, -0.1) is 0 Å². The third-order valence-corrected chi connectivity index (χ3v) is 4.54. The maximum Gasteiger partial charge on any atom is 0.392 e. The van der Waals surface area contributed by atoms with Gasteiger partial charge < -0.3 is 5.32 Å². The van der Waals surface area contributed by atoms with Crippen LogP contribution < -0.4 is 5.32 Å². The first-order valence-electron chi connectivity index (χ1n) is 7.98. The van der Waals surface area contributed by atoms with Gasteiger partial charge in [-0.2, -0.15) is 13.2 Å². The molecule has 2 rings (SSSR count). The fourth-order valence-corrected chi connectivity index (χ4v) is 3.31. The highest BCUT2D eigenvalue weighted by atomic mass is 19.4. The number of carbonyl (C=O) groups excluding carboxylic acids is 3. The van der Waals surface area contributed by atoms with Crippen LogP contribution in [0.3, 0.4) is 0 Å². The second kappa shape index (κ2) is 7.31. The number of likely N-dealkylation sites (tertiary alicyclic amines) is 1. The molecule has 1 saturated heterocycles. The molecule has 0 spiro atoms. The first kappa shape index (κ1) is 17.7. The van der Waals surface area contributed by atoms with E-state index in [-0.39, 0.29) is 37.7 Å². The van der Waals surface area contributed by atoms with E-state index in [0.717, 1.165) is 4.90 Å². The van der Waals surface area contributed by atoms with Crippen molar-refractivity contribution in [1.82, 2.24) is 10.2 Å². The molecule has 130 valence electrons. The molecule has 1 N–H and O–H groups in total. The summed E-state index contributed by atoms with van der Waals surface area (Å²) >= 11 is 0. The molecule has 0 bridgehead atoms. The number of carbonyl (C=O) groups is 3. The fraction of sp³-hybridized carbons (Fsp3) is 0.800. The zero-order valence-electron chi connectivity index (χ0n) is 12.8. The smallest absolute Gasteiger partial charge is 0.354 e. The van der Waals surface area contributed by atoms with Crippen molar-refractivity contribution in [2.75, 3.05) is 13.1 Å². The predicted molar refractivity (Wildman–Crippen MR) is 75.1 cm³/mol. The minimum Gasteiger partial charge on any atom is -0.354 e. The highest BCUT2D eigenvalue weighted by molar-refractivity contribution is 5.97. The molecule has 1 saturated carbocycles. The van der Waals surface area contributed by atoms with Gasteiger partial charge in [-0.3, -0.25) is 19.3 Å². The molecule has 2 fully saturated rings. The van der Waals surface area contributed by atoms with Crippen molar-refractivity contribution in [1.29, 1.82) is 0 Å². The molecule has 5 nitrogen and oxygen atoms in total. The van der Waals surface area contributed by atoms with Crippen LogP contribution in [0.1, 0.15) is 44.9 Å². The number of alkyl halides is 3.